The Morgan fingerprint density at radius 3 is 2.87 bits per heavy atom. The van der Waals surface area contributed by atoms with Crippen molar-refractivity contribution in [2.24, 2.45) is 0 Å². The fraction of sp³-hybridized carbons (Fsp3) is 0.318. The van der Waals surface area contributed by atoms with Crippen LogP contribution in [0.15, 0.2) is 47.7 Å². The molecule has 8 nitrogen and oxygen atoms in total. The van der Waals surface area contributed by atoms with Gasteiger partial charge < -0.3 is 19.4 Å². The lowest BCUT2D eigenvalue weighted by atomic mass is 10.1. The van der Waals surface area contributed by atoms with Gasteiger partial charge in [-0.1, -0.05) is 6.92 Å². The van der Waals surface area contributed by atoms with E-state index in [0.717, 1.165) is 25.2 Å². The molecule has 0 radical (unpaired) electrons. The molecule has 0 saturated carbocycles. The SMILES string of the molecule is CCc1nccn1CCCNC(=O)c1c(C)ccn(-c2ccc3c(c2)OCO3)c1=O. The second-order valence-electron chi connectivity index (χ2n) is 7.09. The fourth-order valence-corrected chi connectivity index (χ4v) is 3.54. The van der Waals surface area contributed by atoms with Crippen molar-refractivity contribution < 1.29 is 14.3 Å². The molecule has 4 rings (SSSR count). The van der Waals surface area contributed by atoms with E-state index in [1.807, 2.05) is 6.20 Å². The van der Waals surface area contributed by atoms with Gasteiger partial charge in [-0.15, -0.1) is 0 Å². The molecule has 30 heavy (non-hydrogen) atoms. The molecule has 3 aromatic rings. The summed E-state index contributed by atoms with van der Waals surface area (Å²) in [5, 5.41) is 2.87. The normalized spacial score (nSPS) is 12.2. The van der Waals surface area contributed by atoms with Crippen molar-refractivity contribution in [1.82, 2.24) is 19.4 Å². The maximum absolute atomic E-state index is 13.1. The molecule has 1 amide bonds. The first-order valence-corrected chi connectivity index (χ1v) is 9.99. The molecule has 0 spiro atoms. The van der Waals surface area contributed by atoms with Gasteiger partial charge >= 0.3 is 0 Å². The highest BCUT2D eigenvalue weighted by Gasteiger charge is 2.18. The summed E-state index contributed by atoms with van der Waals surface area (Å²) in [6.45, 7) is 5.22. The highest BCUT2D eigenvalue weighted by molar-refractivity contribution is 5.95. The molecule has 8 heteroatoms. The molecule has 3 heterocycles. The monoisotopic (exact) mass is 408 g/mol. The van der Waals surface area contributed by atoms with Crippen molar-refractivity contribution in [3.63, 3.8) is 0 Å². The third kappa shape index (κ3) is 3.80. The van der Waals surface area contributed by atoms with Crippen LogP contribution in [-0.4, -0.2) is 33.4 Å². The van der Waals surface area contributed by atoms with Crippen LogP contribution in [0.2, 0.25) is 0 Å². The predicted molar refractivity (Wildman–Crippen MR) is 111 cm³/mol. The van der Waals surface area contributed by atoms with E-state index < -0.39 is 0 Å². The number of nitrogens with one attached hydrogen (secondary N) is 1. The summed E-state index contributed by atoms with van der Waals surface area (Å²) in [4.78, 5) is 30.1. The van der Waals surface area contributed by atoms with Crippen LogP contribution in [0.3, 0.4) is 0 Å². The summed E-state index contributed by atoms with van der Waals surface area (Å²) in [7, 11) is 0. The number of pyridine rings is 1. The van der Waals surface area contributed by atoms with Crippen LogP contribution >= 0.6 is 0 Å². The lowest BCUT2D eigenvalue weighted by molar-refractivity contribution is 0.0950. The Morgan fingerprint density at radius 2 is 2.03 bits per heavy atom. The Balaban J connectivity index is 1.47. The topological polar surface area (TPSA) is 87.4 Å². The number of imidazole rings is 1. The molecule has 0 unspecified atom stereocenters. The van der Waals surface area contributed by atoms with Crippen LogP contribution in [0.25, 0.3) is 5.69 Å². The summed E-state index contributed by atoms with van der Waals surface area (Å²) in [6, 6.07) is 7.02. The molecule has 0 fully saturated rings. The maximum atomic E-state index is 13.1. The van der Waals surface area contributed by atoms with E-state index in [-0.39, 0.29) is 23.8 Å². The van der Waals surface area contributed by atoms with E-state index in [9.17, 15) is 9.59 Å². The van der Waals surface area contributed by atoms with Crippen molar-refractivity contribution in [1.29, 1.82) is 0 Å². The Labute approximate surface area is 174 Å². The number of rotatable bonds is 7. The van der Waals surface area contributed by atoms with Crippen LogP contribution < -0.4 is 20.3 Å². The lowest BCUT2D eigenvalue weighted by Gasteiger charge is -2.12. The van der Waals surface area contributed by atoms with Crippen molar-refractivity contribution in [3.05, 3.63) is 70.2 Å². The van der Waals surface area contributed by atoms with E-state index in [0.29, 0.717) is 29.3 Å². The van der Waals surface area contributed by atoms with Crippen LogP contribution in [0.5, 0.6) is 11.5 Å². The smallest absolute Gasteiger partial charge is 0.268 e. The molecular weight excluding hydrogens is 384 g/mol. The summed E-state index contributed by atoms with van der Waals surface area (Å²) >= 11 is 0. The Kier molecular flexibility index (Phi) is 5.56. The molecule has 0 saturated heterocycles. The number of aryl methyl sites for hydroxylation is 3. The number of hydrogen-bond donors (Lipinski definition) is 1. The zero-order chi connectivity index (χ0) is 21.1. The number of fused-ring (bicyclic) bond motifs is 1. The van der Waals surface area contributed by atoms with Gasteiger partial charge in [-0.05, 0) is 37.1 Å². The highest BCUT2D eigenvalue weighted by atomic mass is 16.7. The first-order chi connectivity index (χ1) is 14.6. The summed E-state index contributed by atoms with van der Waals surface area (Å²) in [5.74, 6) is 1.87. The van der Waals surface area contributed by atoms with Crippen LogP contribution in [0.1, 0.15) is 35.1 Å². The maximum Gasteiger partial charge on any atom is 0.268 e. The minimum atomic E-state index is -0.367. The van der Waals surface area contributed by atoms with Crippen LogP contribution in [-0.2, 0) is 13.0 Å². The van der Waals surface area contributed by atoms with Crippen LogP contribution in [0, 0.1) is 6.92 Å². The van der Waals surface area contributed by atoms with Crippen LogP contribution in [0.4, 0.5) is 0 Å². The minimum Gasteiger partial charge on any atom is -0.454 e. The fourth-order valence-electron chi connectivity index (χ4n) is 3.54. The van der Waals surface area contributed by atoms with E-state index in [1.165, 1.54) is 4.57 Å². The van der Waals surface area contributed by atoms with E-state index in [2.05, 4.69) is 21.8 Å². The molecular formula is C22H24N4O4. The Bertz CT molecular complexity index is 1130. The molecule has 2 aromatic heterocycles. The molecule has 1 N–H and O–H groups in total. The summed E-state index contributed by atoms with van der Waals surface area (Å²) in [6.07, 6.45) is 6.99. The second kappa shape index (κ2) is 8.44. The van der Waals surface area contributed by atoms with Crippen molar-refractivity contribution >= 4 is 5.91 Å². The minimum absolute atomic E-state index is 0.145. The molecule has 1 aromatic carbocycles. The second-order valence-corrected chi connectivity index (χ2v) is 7.09. The number of carbonyl (C=O) groups excluding carboxylic acids is 1. The van der Waals surface area contributed by atoms with Gasteiger partial charge in [-0.2, -0.15) is 0 Å². The molecule has 0 aliphatic carbocycles. The van der Waals surface area contributed by atoms with Gasteiger partial charge in [0.25, 0.3) is 11.5 Å². The third-order valence-electron chi connectivity index (χ3n) is 5.14. The summed E-state index contributed by atoms with van der Waals surface area (Å²) in [5.41, 5.74) is 1.03. The van der Waals surface area contributed by atoms with Crippen molar-refractivity contribution in [3.8, 4) is 17.2 Å². The van der Waals surface area contributed by atoms with Crippen molar-refractivity contribution in [2.75, 3.05) is 13.3 Å². The summed E-state index contributed by atoms with van der Waals surface area (Å²) < 4.78 is 14.2. The third-order valence-corrected chi connectivity index (χ3v) is 5.14. The molecule has 156 valence electrons. The lowest BCUT2D eigenvalue weighted by Crippen LogP contribution is -2.34. The van der Waals surface area contributed by atoms with E-state index in [4.69, 9.17) is 9.47 Å². The number of aromatic nitrogens is 3. The average molecular weight is 408 g/mol. The number of nitrogens with zero attached hydrogens (tertiary/aromatic N) is 3. The zero-order valence-corrected chi connectivity index (χ0v) is 17.1. The van der Waals surface area contributed by atoms with Gasteiger partial charge in [0.05, 0.1) is 5.69 Å². The first kappa shape index (κ1) is 19.8. The molecule has 0 atom stereocenters. The number of hydrogen-bond acceptors (Lipinski definition) is 5. The van der Waals surface area contributed by atoms with Gasteiger partial charge in [-0.3, -0.25) is 14.2 Å². The molecule has 1 aliphatic rings. The number of benzene rings is 1. The number of carbonyl (C=O) groups is 1. The Hall–Kier alpha value is -3.55. The Morgan fingerprint density at radius 1 is 1.20 bits per heavy atom. The van der Waals surface area contributed by atoms with E-state index >= 15 is 0 Å². The zero-order valence-electron chi connectivity index (χ0n) is 17.1. The number of amides is 1. The van der Waals surface area contributed by atoms with Gasteiger partial charge in [0, 0.05) is 44.2 Å². The number of ether oxygens (including phenoxy) is 2. The van der Waals surface area contributed by atoms with E-state index in [1.54, 1.807) is 43.6 Å². The van der Waals surface area contributed by atoms with Crippen molar-refractivity contribution in [2.45, 2.75) is 33.2 Å². The average Bonchev–Trinajstić information content (AvgIpc) is 3.39. The predicted octanol–water partition coefficient (Wildman–Crippen LogP) is 2.45. The van der Waals surface area contributed by atoms with Gasteiger partial charge in [0.1, 0.15) is 11.4 Å². The quantitative estimate of drug-likeness (QED) is 0.607. The van der Waals surface area contributed by atoms with Gasteiger partial charge in [0.2, 0.25) is 6.79 Å². The highest BCUT2D eigenvalue weighted by Crippen LogP contribution is 2.33. The molecule has 1 aliphatic heterocycles. The standard InChI is InChI=1S/C22H24N4O4/c1-3-19-23-9-12-25(19)10-4-8-24-21(27)20-15(2)7-11-26(22(20)28)16-5-6-17-18(13-16)30-14-29-17/h5-7,9,11-13H,3-4,8,10,14H2,1-2H3,(H,24,27). The first-order valence-electron chi connectivity index (χ1n) is 9.99. The van der Waals surface area contributed by atoms with Gasteiger partial charge in [-0.25, -0.2) is 4.98 Å². The largest absolute Gasteiger partial charge is 0.454 e. The molecule has 0 bridgehead atoms. The van der Waals surface area contributed by atoms with Gasteiger partial charge in [0.15, 0.2) is 11.5 Å².